The van der Waals surface area contributed by atoms with Crippen molar-refractivity contribution in [2.24, 2.45) is 5.10 Å². The lowest BCUT2D eigenvalue weighted by Gasteiger charge is -2.05. The molecule has 0 spiro atoms. The molecule has 4 rings (SSSR count). The molecule has 33 heavy (non-hydrogen) atoms. The number of benzene rings is 3. The number of hydrazone groups is 1. The van der Waals surface area contributed by atoms with Gasteiger partial charge in [0.25, 0.3) is 5.69 Å². The van der Waals surface area contributed by atoms with E-state index >= 15 is 0 Å². The molecular weight excluding hydrogens is 428 g/mol. The van der Waals surface area contributed by atoms with Crippen LogP contribution in [0.5, 0.6) is 0 Å². The van der Waals surface area contributed by atoms with Gasteiger partial charge < -0.3 is 0 Å². The lowest BCUT2D eigenvalue weighted by Crippen LogP contribution is -2.05. The molecule has 12 heteroatoms. The van der Waals surface area contributed by atoms with Crippen LogP contribution >= 0.6 is 0 Å². The van der Waals surface area contributed by atoms with E-state index < -0.39 is 15.5 Å². The van der Waals surface area contributed by atoms with Crippen molar-refractivity contribution in [3.8, 4) is 16.8 Å². The molecule has 0 aliphatic carbocycles. The Hall–Kier alpha value is -5.00. The maximum Gasteiger partial charge on any atom is 0.301 e. The Balaban J connectivity index is 1.45. The second-order valence-corrected chi connectivity index (χ2v) is 6.76. The minimum absolute atomic E-state index is 0.0259. The van der Waals surface area contributed by atoms with Gasteiger partial charge in [-0.1, -0.05) is 42.5 Å². The average Bonchev–Trinajstić information content (AvgIpc) is 3.31. The van der Waals surface area contributed by atoms with Crippen LogP contribution in [-0.2, 0) is 6.42 Å². The van der Waals surface area contributed by atoms with Crippen LogP contribution in [0.25, 0.3) is 16.8 Å². The number of nitro benzene ring substituents is 2. The molecule has 0 amide bonds. The number of non-ortho nitro benzene ring substituents is 1. The van der Waals surface area contributed by atoms with E-state index in [2.05, 4.69) is 26.1 Å². The Bertz CT molecular complexity index is 1320. The highest BCUT2D eigenvalue weighted by Crippen LogP contribution is 2.28. The summed E-state index contributed by atoms with van der Waals surface area (Å²) in [6.07, 6.45) is 1.69. The number of nitrogens with one attached hydrogen (secondary N) is 1. The molecule has 1 heterocycles. The van der Waals surface area contributed by atoms with Gasteiger partial charge in [-0.15, -0.1) is 5.10 Å². The predicted octanol–water partition coefficient (Wildman–Crippen LogP) is 3.79. The fourth-order valence-electron chi connectivity index (χ4n) is 3.08. The van der Waals surface area contributed by atoms with Crippen molar-refractivity contribution in [2.45, 2.75) is 6.42 Å². The molecule has 1 N–H and O–H groups in total. The van der Waals surface area contributed by atoms with Crippen LogP contribution in [-0.4, -0.2) is 36.3 Å². The molecule has 0 saturated heterocycles. The van der Waals surface area contributed by atoms with Crippen molar-refractivity contribution in [3.05, 3.63) is 98.8 Å². The molecule has 1 aromatic heterocycles. The summed E-state index contributed by atoms with van der Waals surface area (Å²) in [6.45, 7) is 0. The zero-order valence-corrected chi connectivity index (χ0v) is 17.0. The van der Waals surface area contributed by atoms with Gasteiger partial charge in [-0.25, -0.2) is 0 Å². The first-order valence-electron chi connectivity index (χ1n) is 9.66. The Morgan fingerprint density at radius 2 is 1.67 bits per heavy atom. The first-order valence-corrected chi connectivity index (χ1v) is 9.66. The van der Waals surface area contributed by atoms with Crippen molar-refractivity contribution in [2.75, 3.05) is 5.43 Å². The van der Waals surface area contributed by atoms with E-state index in [1.807, 2.05) is 54.6 Å². The monoisotopic (exact) mass is 444 g/mol. The third-order valence-electron chi connectivity index (χ3n) is 4.69. The third-order valence-corrected chi connectivity index (χ3v) is 4.69. The Morgan fingerprint density at radius 1 is 0.939 bits per heavy atom. The molecule has 0 atom stereocenters. The number of aromatic nitrogens is 4. The van der Waals surface area contributed by atoms with Gasteiger partial charge in [0.1, 0.15) is 5.69 Å². The molecule has 0 saturated carbocycles. The summed E-state index contributed by atoms with van der Waals surface area (Å²) in [5, 5.41) is 37.7. The number of nitrogens with zero attached hydrogens (tertiary/aromatic N) is 7. The van der Waals surface area contributed by atoms with Gasteiger partial charge in [0.2, 0.25) is 0 Å². The normalized spacial score (nSPS) is 10.9. The quantitative estimate of drug-likeness (QED) is 0.244. The molecular formula is C21H16N8O4. The van der Waals surface area contributed by atoms with Gasteiger partial charge in [0.05, 0.1) is 21.6 Å². The van der Waals surface area contributed by atoms with Crippen LogP contribution in [0.2, 0.25) is 0 Å². The fourth-order valence-corrected chi connectivity index (χ4v) is 3.08. The van der Waals surface area contributed by atoms with Crippen LogP contribution in [0.15, 0.2) is 77.9 Å². The summed E-state index contributed by atoms with van der Waals surface area (Å²) < 4.78 is 1.56. The van der Waals surface area contributed by atoms with Crippen molar-refractivity contribution >= 4 is 23.3 Å². The zero-order chi connectivity index (χ0) is 23.2. The Morgan fingerprint density at radius 3 is 2.36 bits per heavy atom. The SMILES string of the molecule is O=[N+]([O-])c1ccc(NN=CCc2nnnn2-c2ccc(-c3ccccc3)cc2)c([N+](=O)[O-])c1. The van der Waals surface area contributed by atoms with Crippen LogP contribution in [0, 0.1) is 20.2 Å². The molecule has 0 aliphatic heterocycles. The summed E-state index contributed by atoms with van der Waals surface area (Å²) in [5.74, 6) is 0.506. The van der Waals surface area contributed by atoms with Crippen molar-refractivity contribution in [3.63, 3.8) is 0 Å². The number of tetrazole rings is 1. The molecule has 0 fully saturated rings. The maximum atomic E-state index is 11.2. The van der Waals surface area contributed by atoms with Crippen LogP contribution < -0.4 is 5.43 Å². The molecule has 164 valence electrons. The smallest absolute Gasteiger partial charge is 0.272 e. The van der Waals surface area contributed by atoms with E-state index in [0.717, 1.165) is 28.9 Å². The lowest BCUT2D eigenvalue weighted by atomic mass is 10.1. The van der Waals surface area contributed by atoms with E-state index in [1.54, 1.807) is 4.68 Å². The van der Waals surface area contributed by atoms with Gasteiger partial charge in [-0.05, 0) is 39.8 Å². The Labute approximate surface area is 186 Å². The van der Waals surface area contributed by atoms with Crippen molar-refractivity contribution in [1.82, 2.24) is 20.2 Å². The van der Waals surface area contributed by atoms with E-state index in [1.165, 1.54) is 12.3 Å². The van der Waals surface area contributed by atoms with Gasteiger partial charge >= 0.3 is 5.69 Å². The largest absolute Gasteiger partial charge is 0.301 e. The number of nitro groups is 2. The van der Waals surface area contributed by atoms with Crippen molar-refractivity contribution < 1.29 is 9.85 Å². The molecule has 12 nitrogen and oxygen atoms in total. The minimum atomic E-state index is -0.718. The highest BCUT2D eigenvalue weighted by molar-refractivity contribution is 5.68. The van der Waals surface area contributed by atoms with Crippen molar-refractivity contribution in [1.29, 1.82) is 0 Å². The Kier molecular flexibility index (Phi) is 6.07. The van der Waals surface area contributed by atoms with Crippen LogP contribution in [0.1, 0.15) is 5.82 Å². The van der Waals surface area contributed by atoms with E-state index in [4.69, 9.17) is 0 Å². The number of anilines is 1. The topological polar surface area (TPSA) is 154 Å². The summed E-state index contributed by atoms with van der Waals surface area (Å²) in [5.41, 5.74) is 4.65. The van der Waals surface area contributed by atoms with Crippen LogP contribution in [0.3, 0.4) is 0 Å². The predicted molar refractivity (Wildman–Crippen MR) is 120 cm³/mol. The average molecular weight is 444 g/mol. The number of hydrogen-bond acceptors (Lipinski definition) is 9. The molecule has 0 aliphatic rings. The summed E-state index contributed by atoms with van der Waals surface area (Å²) >= 11 is 0. The fraction of sp³-hybridized carbons (Fsp3) is 0.0476. The standard InChI is InChI=1S/C21H16N8O4/c30-28(31)18-10-11-19(20(14-18)29(32)33)23-22-13-12-21-24-25-26-27(21)17-8-6-16(7-9-17)15-4-2-1-3-5-15/h1-11,13-14,23H,12H2. The van der Waals surface area contributed by atoms with Gasteiger partial charge in [-0.3, -0.25) is 25.7 Å². The summed E-state index contributed by atoms with van der Waals surface area (Å²) in [7, 11) is 0. The van der Waals surface area contributed by atoms with Gasteiger partial charge in [0.15, 0.2) is 5.82 Å². The summed E-state index contributed by atoms with van der Waals surface area (Å²) in [6, 6.07) is 21.0. The maximum absolute atomic E-state index is 11.2. The van der Waals surface area contributed by atoms with Gasteiger partial charge in [0, 0.05) is 18.7 Å². The van der Waals surface area contributed by atoms with Gasteiger partial charge in [-0.2, -0.15) is 9.78 Å². The summed E-state index contributed by atoms with van der Waals surface area (Å²) in [4.78, 5) is 20.6. The third kappa shape index (κ3) is 4.85. The second kappa shape index (κ2) is 9.43. The number of hydrogen-bond donors (Lipinski definition) is 1. The molecule has 3 aromatic carbocycles. The first kappa shape index (κ1) is 21.2. The highest BCUT2D eigenvalue weighted by Gasteiger charge is 2.19. The molecule has 0 bridgehead atoms. The minimum Gasteiger partial charge on any atom is -0.272 e. The van der Waals surface area contributed by atoms with E-state index in [0.29, 0.717) is 5.82 Å². The lowest BCUT2D eigenvalue weighted by molar-refractivity contribution is -0.393. The highest BCUT2D eigenvalue weighted by atomic mass is 16.6. The molecule has 0 unspecified atom stereocenters. The number of rotatable bonds is 8. The second-order valence-electron chi connectivity index (χ2n) is 6.76. The molecule has 0 radical (unpaired) electrons. The van der Waals surface area contributed by atoms with Crippen LogP contribution in [0.4, 0.5) is 17.1 Å². The first-order chi connectivity index (χ1) is 16.0. The van der Waals surface area contributed by atoms with E-state index in [-0.39, 0.29) is 17.8 Å². The van der Waals surface area contributed by atoms with E-state index in [9.17, 15) is 20.2 Å². The molecule has 4 aromatic rings. The zero-order valence-electron chi connectivity index (χ0n) is 17.0.